The summed E-state index contributed by atoms with van der Waals surface area (Å²) in [6.07, 6.45) is 5.61. The van der Waals surface area contributed by atoms with Crippen LogP contribution in [0.2, 0.25) is 5.15 Å². The number of hydrogen-bond acceptors (Lipinski definition) is 9. The summed E-state index contributed by atoms with van der Waals surface area (Å²) in [7, 11) is -3.92. The molecule has 4 aromatic rings. The lowest BCUT2D eigenvalue weighted by atomic mass is 10.1. The molecule has 0 radical (unpaired) electrons. The van der Waals surface area contributed by atoms with Gasteiger partial charge in [0.1, 0.15) is 16.5 Å². The van der Waals surface area contributed by atoms with Gasteiger partial charge in [0, 0.05) is 30.7 Å². The van der Waals surface area contributed by atoms with E-state index in [0.29, 0.717) is 43.1 Å². The number of anilines is 2. The Morgan fingerprint density at radius 1 is 1.09 bits per heavy atom. The van der Waals surface area contributed by atoms with Crippen molar-refractivity contribution in [1.82, 2.24) is 19.5 Å². The number of sulfonamides is 1. The Morgan fingerprint density at radius 2 is 1.81 bits per heavy atom. The molecule has 2 aromatic heterocycles. The first-order valence-corrected chi connectivity index (χ1v) is 15.1. The molecule has 0 amide bonds. The molecule has 2 fully saturated rings. The molecule has 2 aliphatic rings. The SMILES string of the molecule is O=C(O)c1cn(C2CC2)c2cc(N3CCN(N=Nc4ccc(S(=O)(=O)Nc5cncc(Cl)n5)cc4)CC3)c(F)cc2c1=O. The molecule has 0 unspecified atom stereocenters. The number of fused-ring (bicyclic) bond motifs is 1. The number of benzene rings is 2. The molecule has 13 nitrogen and oxygen atoms in total. The Balaban J connectivity index is 1.13. The van der Waals surface area contributed by atoms with Gasteiger partial charge in [-0.1, -0.05) is 16.8 Å². The topological polar surface area (TPSA) is 162 Å². The molecule has 1 aliphatic carbocycles. The minimum atomic E-state index is -3.92. The predicted octanol–water partition coefficient (Wildman–Crippen LogP) is 4.24. The van der Waals surface area contributed by atoms with Gasteiger partial charge in [0.05, 0.1) is 47.3 Å². The van der Waals surface area contributed by atoms with Crippen LogP contribution in [0.1, 0.15) is 29.2 Å². The zero-order valence-electron chi connectivity index (χ0n) is 22.4. The Kier molecular flexibility index (Phi) is 7.43. The lowest BCUT2D eigenvalue weighted by Gasteiger charge is -2.34. The van der Waals surface area contributed by atoms with Gasteiger partial charge in [-0.05, 0) is 49.2 Å². The number of nitrogens with zero attached hydrogens (tertiary/aromatic N) is 7. The van der Waals surface area contributed by atoms with E-state index in [1.165, 1.54) is 42.9 Å². The number of carbonyl (C=O) groups is 1. The number of pyridine rings is 1. The first kappa shape index (κ1) is 28.5. The molecule has 16 heteroatoms. The fraction of sp³-hybridized carbons (Fsp3) is 0.259. The third kappa shape index (κ3) is 5.99. The van der Waals surface area contributed by atoms with Crippen LogP contribution in [0.4, 0.5) is 21.6 Å². The lowest BCUT2D eigenvalue weighted by Crippen LogP contribution is -2.44. The average molecular weight is 627 g/mol. The van der Waals surface area contributed by atoms with Gasteiger partial charge in [0.2, 0.25) is 5.43 Å². The number of aromatic carboxylic acids is 1. The number of carboxylic acid groups (broad SMARTS) is 1. The van der Waals surface area contributed by atoms with Crippen molar-refractivity contribution in [1.29, 1.82) is 0 Å². The van der Waals surface area contributed by atoms with E-state index < -0.39 is 27.2 Å². The van der Waals surface area contributed by atoms with Gasteiger partial charge in [-0.3, -0.25) is 19.5 Å². The fourth-order valence-corrected chi connectivity index (χ4v) is 5.96. The second-order valence-electron chi connectivity index (χ2n) is 10.1. The van der Waals surface area contributed by atoms with E-state index in [1.807, 2.05) is 4.90 Å². The van der Waals surface area contributed by atoms with Crippen molar-refractivity contribution in [3.63, 3.8) is 0 Å². The zero-order chi connectivity index (χ0) is 30.3. The maximum atomic E-state index is 15.2. The van der Waals surface area contributed by atoms with E-state index in [9.17, 15) is 23.1 Å². The standard InChI is InChI=1S/C27H24ClFN8O5S/c28-24-13-30-14-25(31-24)33-43(41,42)18-5-1-16(2-6-18)32-34-36-9-7-35(8-10-36)23-12-22-19(11-21(23)29)26(38)20(27(39)40)15-37(22)17-3-4-17/h1-2,5-6,11-15,17H,3-4,7-10H2,(H,31,33)(H,39,40). The number of halogens is 2. The van der Waals surface area contributed by atoms with Crippen molar-refractivity contribution in [2.24, 2.45) is 10.3 Å². The summed E-state index contributed by atoms with van der Waals surface area (Å²) < 4.78 is 44.6. The summed E-state index contributed by atoms with van der Waals surface area (Å²) in [5.74, 6) is -1.95. The summed E-state index contributed by atoms with van der Waals surface area (Å²) in [4.78, 5) is 33.8. The van der Waals surface area contributed by atoms with Crippen LogP contribution in [0.3, 0.4) is 0 Å². The Morgan fingerprint density at radius 3 is 2.47 bits per heavy atom. The number of carboxylic acids is 1. The van der Waals surface area contributed by atoms with Crippen molar-refractivity contribution in [2.75, 3.05) is 35.8 Å². The van der Waals surface area contributed by atoms with E-state index in [4.69, 9.17) is 11.6 Å². The lowest BCUT2D eigenvalue weighted by molar-refractivity contribution is 0.0694. The molecule has 0 spiro atoms. The molecular weight excluding hydrogens is 603 g/mol. The largest absolute Gasteiger partial charge is 0.477 e. The number of hydrogen-bond donors (Lipinski definition) is 2. The summed E-state index contributed by atoms with van der Waals surface area (Å²) in [5, 5.41) is 19.7. The highest BCUT2D eigenvalue weighted by Crippen LogP contribution is 2.38. The van der Waals surface area contributed by atoms with Crippen molar-refractivity contribution in [3.8, 4) is 0 Å². The highest BCUT2D eigenvalue weighted by atomic mass is 35.5. The molecule has 43 heavy (non-hydrogen) atoms. The maximum absolute atomic E-state index is 15.2. The van der Waals surface area contributed by atoms with Crippen LogP contribution in [0.15, 0.2) is 75.0 Å². The molecule has 1 saturated heterocycles. The van der Waals surface area contributed by atoms with Gasteiger partial charge in [-0.15, -0.1) is 5.11 Å². The minimum absolute atomic E-state index is 0.00876. The number of rotatable bonds is 8. The number of piperazine rings is 1. The third-order valence-corrected chi connectivity index (χ3v) is 8.70. The van der Waals surface area contributed by atoms with Crippen LogP contribution in [0.5, 0.6) is 0 Å². The molecule has 6 rings (SSSR count). The van der Waals surface area contributed by atoms with Gasteiger partial charge < -0.3 is 14.6 Å². The molecule has 1 aliphatic heterocycles. The van der Waals surface area contributed by atoms with Gasteiger partial charge in [0.25, 0.3) is 10.0 Å². The minimum Gasteiger partial charge on any atom is -0.477 e. The normalized spacial score (nSPS) is 15.8. The van der Waals surface area contributed by atoms with E-state index in [1.54, 1.807) is 15.6 Å². The van der Waals surface area contributed by atoms with Crippen molar-refractivity contribution in [2.45, 2.75) is 23.8 Å². The van der Waals surface area contributed by atoms with E-state index in [2.05, 4.69) is 25.0 Å². The van der Waals surface area contributed by atoms with Crippen LogP contribution in [-0.4, -0.2) is 65.2 Å². The van der Waals surface area contributed by atoms with Crippen LogP contribution < -0.4 is 15.1 Å². The highest BCUT2D eigenvalue weighted by Gasteiger charge is 2.28. The molecule has 1 saturated carbocycles. The molecule has 2 N–H and O–H groups in total. The van der Waals surface area contributed by atoms with Gasteiger partial charge >= 0.3 is 5.97 Å². The summed E-state index contributed by atoms with van der Waals surface area (Å²) in [6.45, 7) is 1.73. The van der Waals surface area contributed by atoms with Crippen LogP contribution in [0, 0.1) is 5.82 Å². The molecule has 2 aromatic carbocycles. The smallest absolute Gasteiger partial charge is 0.341 e. The first-order chi connectivity index (χ1) is 20.6. The second-order valence-corrected chi connectivity index (χ2v) is 12.2. The number of aromatic nitrogens is 3. The van der Waals surface area contributed by atoms with E-state index in [0.717, 1.165) is 18.9 Å². The predicted molar refractivity (Wildman–Crippen MR) is 156 cm³/mol. The highest BCUT2D eigenvalue weighted by molar-refractivity contribution is 7.92. The molecular formula is C27H24ClFN8O5S. The third-order valence-electron chi connectivity index (χ3n) is 7.15. The molecule has 0 bridgehead atoms. The monoisotopic (exact) mass is 626 g/mol. The Bertz CT molecular complexity index is 1920. The van der Waals surface area contributed by atoms with E-state index in [-0.39, 0.29) is 32.9 Å². The maximum Gasteiger partial charge on any atom is 0.341 e. The Labute approximate surface area is 249 Å². The van der Waals surface area contributed by atoms with Crippen LogP contribution in [-0.2, 0) is 10.0 Å². The quantitative estimate of drug-likeness (QED) is 0.272. The summed E-state index contributed by atoms with van der Waals surface area (Å²) in [6, 6.07) is 8.63. The van der Waals surface area contributed by atoms with Gasteiger partial charge in [0.15, 0.2) is 5.82 Å². The fourth-order valence-electron chi connectivity index (χ4n) is 4.83. The van der Waals surface area contributed by atoms with Crippen molar-refractivity contribution < 1.29 is 22.7 Å². The van der Waals surface area contributed by atoms with Crippen molar-refractivity contribution in [3.05, 3.63) is 81.7 Å². The van der Waals surface area contributed by atoms with Crippen molar-refractivity contribution >= 4 is 55.7 Å². The van der Waals surface area contributed by atoms with E-state index >= 15 is 4.39 Å². The first-order valence-electron chi connectivity index (χ1n) is 13.2. The molecule has 3 heterocycles. The average Bonchev–Trinajstić information content (AvgIpc) is 3.82. The summed E-state index contributed by atoms with van der Waals surface area (Å²) in [5.41, 5.74) is 0.203. The molecule has 0 atom stereocenters. The Hall–Kier alpha value is -4.63. The summed E-state index contributed by atoms with van der Waals surface area (Å²) >= 11 is 5.76. The second kappa shape index (κ2) is 11.2. The zero-order valence-corrected chi connectivity index (χ0v) is 24.0. The molecule has 222 valence electrons. The van der Waals surface area contributed by atoms with Crippen LogP contribution >= 0.6 is 11.6 Å². The van der Waals surface area contributed by atoms with Gasteiger partial charge in [-0.2, -0.15) is 0 Å². The number of nitrogens with one attached hydrogen (secondary N) is 1. The van der Waals surface area contributed by atoms with Gasteiger partial charge in [-0.25, -0.2) is 22.6 Å². The van der Waals surface area contributed by atoms with Crippen LogP contribution in [0.25, 0.3) is 10.9 Å².